The van der Waals surface area contributed by atoms with Crippen LogP contribution in [0.4, 0.5) is 5.82 Å². The first-order valence-corrected chi connectivity index (χ1v) is 8.31. The highest BCUT2D eigenvalue weighted by Crippen LogP contribution is 2.31. The van der Waals surface area contributed by atoms with E-state index < -0.39 is 11.2 Å². The molecule has 8 heteroatoms. The van der Waals surface area contributed by atoms with Crippen molar-refractivity contribution in [2.75, 3.05) is 24.6 Å². The normalized spacial score (nSPS) is 15.4. The smallest absolute Gasteiger partial charge is 0.332 e. The average Bonchev–Trinajstić information content (AvgIpc) is 2.67. The van der Waals surface area contributed by atoms with Crippen LogP contribution < -0.4 is 25.6 Å². The van der Waals surface area contributed by atoms with Crippen LogP contribution in [0.1, 0.15) is 12.5 Å². The molecule has 1 unspecified atom stereocenters. The number of rotatable bonds is 4. The van der Waals surface area contributed by atoms with Gasteiger partial charge in [-0.15, -0.1) is 0 Å². The lowest BCUT2D eigenvalue weighted by molar-refractivity contribution is 0.0951. The highest BCUT2D eigenvalue weighted by atomic mass is 16.6. The Bertz CT molecular complexity index is 986. The standard InChI is InChI=1S/C18H20N4O4/c1-4-22(10-12-11-25-14-7-5-6-8-15(14)26-12)16-13(9-19)17(23)21(3)18(24)20(16)2/h5-8,12H,4,10-11H2,1-3H3. The van der Waals surface area contributed by atoms with Gasteiger partial charge in [0.05, 0.1) is 6.54 Å². The van der Waals surface area contributed by atoms with Crippen molar-refractivity contribution in [3.05, 3.63) is 50.7 Å². The molecule has 0 fully saturated rings. The number of nitriles is 1. The first kappa shape index (κ1) is 17.6. The number of likely N-dealkylation sites (N-methyl/N-ethyl adjacent to an activating group) is 1. The van der Waals surface area contributed by atoms with Gasteiger partial charge in [0, 0.05) is 20.6 Å². The van der Waals surface area contributed by atoms with E-state index in [-0.39, 0.29) is 11.7 Å². The van der Waals surface area contributed by atoms with E-state index in [1.807, 2.05) is 37.3 Å². The number of ether oxygens (including phenoxy) is 2. The van der Waals surface area contributed by atoms with Crippen molar-refractivity contribution >= 4 is 5.82 Å². The van der Waals surface area contributed by atoms with Crippen LogP contribution in [-0.4, -0.2) is 34.9 Å². The molecule has 1 aliphatic heterocycles. The van der Waals surface area contributed by atoms with Gasteiger partial charge in [-0.1, -0.05) is 12.1 Å². The van der Waals surface area contributed by atoms with Crippen molar-refractivity contribution in [3.63, 3.8) is 0 Å². The van der Waals surface area contributed by atoms with E-state index in [0.29, 0.717) is 37.0 Å². The number of aromatic nitrogens is 2. The van der Waals surface area contributed by atoms with Gasteiger partial charge >= 0.3 is 5.69 Å². The molecular formula is C18H20N4O4. The second-order valence-electron chi connectivity index (χ2n) is 6.05. The molecule has 3 rings (SSSR count). The predicted octanol–water partition coefficient (Wildman–Crippen LogP) is 0.622. The molecule has 0 bridgehead atoms. The second-order valence-corrected chi connectivity index (χ2v) is 6.05. The van der Waals surface area contributed by atoms with Gasteiger partial charge < -0.3 is 14.4 Å². The predicted molar refractivity (Wildman–Crippen MR) is 95.9 cm³/mol. The van der Waals surface area contributed by atoms with Gasteiger partial charge in [-0.05, 0) is 19.1 Å². The van der Waals surface area contributed by atoms with Crippen molar-refractivity contribution in [2.45, 2.75) is 13.0 Å². The first-order chi connectivity index (χ1) is 12.5. The fourth-order valence-electron chi connectivity index (χ4n) is 3.07. The highest BCUT2D eigenvalue weighted by molar-refractivity contribution is 5.53. The Balaban J connectivity index is 1.95. The van der Waals surface area contributed by atoms with Crippen molar-refractivity contribution in [1.29, 1.82) is 5.26 Å². The largest absolute Gasteiger partial charge is 0.486 e. The first-order valence-electron chi connectivity index (χ1n) is 8.31. The molecular weight excluding hydrogens is 336 g/mol. The minimum Gasteiger partial charge on any atom is -0.486 e. The fourth-order valence-corrected chi connectivity index (χ4v) is 3.07. The Morgan fingerprint density at radius 2 is 1.92 bits per heavy atom. The van der Waals surface area contributed by atoms with Crippen molar-refractivity contribution in [3.8, 4) is 17.6 Å². The maximum absolute atomic E-state index is 12.3. The Kier molecular flexibility index (Phi) is 4.71. The molecule has 0 N–H and O–H groups in total. The third kappa shape index (κ3) is 2.92. The summed E-state index contributed by atoms with van der Waals surface area (Å²) in [6.07, 6.45) is -0.296. The number of para-hydroxylation sites is 2. The van der Waals surface area contributed by atoms with Gasteiger partial charge in [0.15, 0.2) is 23.2 Å². The Morgan fingerprint density at radius 3 is 2.58 bits per heavy atom. The minimum absolute atomic E-state index is 0.0615. The van der Waals surface area contributed by atoms with Crippen LogP contribution in [0.15, 0.2) is 33.9 Å². The molecule has 0 radical (unpaired) electrons. The Morgan fingerprint density at radius 1 is 1.23 bits per heavy atom. The average molecular weight is 356 g/mol. The molecule has 0 amide bonds. The van der Waals surface area contributed by atoms with E-state index >= 15 is 0 Å². The molecule has 0 saturated carbocycles. The molecule has 26 heavy (non-hydrogen) atoms. The van der Waals surface area contributed by atoms with Crippen LogP contribution >= 0.6 is 0 Å². The SMILES string of the molecule is CCN(CC1COc2ccccc2O1)c1c(C#N)c(=O)n(C)c(=O)n1C. The summed E-state index contributed by atoms with van der Waals surface area (Å²) in [6.45, 7) is 3.10. The third-order valence-electron chi connectivity index (χ3n) is 4.42. The molecule has 8 nitrogen and oxygen atoms in total. The maximum atomic E-state index is 12.3. The van der Waals surface area contributed by atoms with Crippen LogP contribution in [-0.2, 0) is 14.1 Å². The Labute approximate surface area is 150 Å². The molecule has 2 aromatic rings. The van der Waals surface area contributed by atoms with Crippen LogP contribution in [0, 0.1) is 11.3 Å². The van der Waals surface area contributed by atoms with Crippen molar-refractivity contribution < 1.29 is 9.47 Å². The fraction of sp³-hybridized carbons (Fsp3) is 0.389. The summed E-state index contributed by atoms with van der Waals surface area (Å²) in [6, 6.07) is 9.33. The molecule has 0 spiro atoms. The number of fused-ring (bicyclic) bond motifs is 1. The maximum Gasteiger partial charge on any atom is 0.332 e. The van der Waals surface area contributed by atoms with Crippen LogP contribution in [0.5, 0.6) is 11.5 Å². The van der Waals surface area contributed by atoms with Gasteiger partial charge in [-0.2, -0.15) is 5.26 Å². The zero-order valence-electron chi connectivity index (χ0n) is 14.9. The molecule has 1 aliphatic rings. The zero-order valence-corrected chi connectivity index (χ0v) is 14.9. The summed E-state index contributed by atoms with van der Waals surface area (Å²) in [5.41, 5.74) is -1.14. The summed E-state index contributed by atoms with van der Waals surface area (Å²) < 4.78 is 13.9. The lowest BCUT2D eigenvalue weighted by Crippen LogP contribution is -2.46. The topological polar surface area (TPSA) is 89.5 Å². The third-order valence-corrected chi connectivity index (χ3v) is 4.42. The lowest BCUT2D eigenvalue weighted by atomic mass is 10.2. The van der Waals surface area contributed by atoms with Crippen LogP contribution in [0.25, 0.3) is 0 Å². The van der Waals surface area contributed by atoms with Crippen LogP contribution in [0.3, 0.4) is 0 Å². The number of hydrogen-bond donors (Lipinski definition) is 0. The minimum atomic E-state index is -0.602. The van der Waals surface area contributed by atoms with E-state index in [9.17, 15) is 14.9 Å². The zero-order chi connectivity index (χ0) is 18.8. The summed E-state index contributed by atoms with van der Waals surface area (Å²) in [4.78, 5) is 26.4. The lowest BCUT2D eigenvalue weighted by Gasteiger charge is -2.32. The summed E-state index contributed by atoms with van der Waals surface area (Å²) in [5.74, 6) is 1.63. The quantitative estimate of drug-likeness (QED) is 0.798. The van der Waals surface area contributed by atoms with Crippen molar-refractivity contribution in [2.24, 2.45) is 14.1 Å². The summed E-state index contributed by atoms with van der Waals surface area (Å²) in [7, 11) is 2.91. The molecule has 136 valence electrons. The number of anilines is 1. The van der Waals surface area contributed by atoms with Gasteiger partial charge in [-0.25, -0.2) is 4.79 Å². The molecule has 2 heterocycles. The van der Waals surface area contributed by atoms with E-state index in [2.05, 4.69) is 0 Å². The molecule has 1 aromatic heterocycles. The molecule has 0 saturated heterocycles. The molecule has 1 atom stereocenters. The second kappa shape index (κ2) is 6.96. The summed E-state index contributed by atoms with van der Waals surface area (Å²) >= 11 is 0. The Hall–Kier alpha value is -3.21. The summed E-state index contributed by atoms with van der Waals surface area (Å²) in [5, 5.41) is 9.46. The number of nitrogens with zero attached hydrogens (tertiary/aromatic N) is 4. The van der Waals surface area contributed by atoms with Gasteiger partial charge in [0.2, 0.25) is 0 Å². The number of hydrogen-bond acceptors (Lipinski definition) is 6. The van der Waals surface area contributed by atoms with E-state index in [1.54, 1.807) is 11.9 Å². The molecule has 1 aromatic carbocycles. The molecule has 0 aliphatic carbocycles. The highest BCUT2D eigenvalue weighted by Gasteiger charge is 2.26. The van der Waals surface area contributed by atoms with Crippen molar-refractivity contribution in [1.82, 2.24) is 9.13 Å². The van der Waals surface area contributed by atoms with Gasteiger partial charge in [0.25, 0.3) is 5.56 Å². The van der Waals surface area contributed by atoms with E-state index in [4.69, 9.17) is 9.47 Å². The van der Waals surface area contributed by atoms with Gasteiger partial charge in [-0.3, -0.25) is 13.9 Å². The monoisotopic (exact) mass is 356 g/mol. The number of benzene rings is 1. The van der Waals surface area contributed by atoms with Crippen LogP contribution in [0.2, 0.25) is 0 Å². The van der Waals surface area contributed by atoms with E-state index in [1.165, 1.54) is 11.6 Å². The van der Waals surface area contributed by atoms with E-state index in [0.717, 1.165) is 4.57 Å². The van der Waals surface area contributed by atoms with Gasteiger partial charge in [0.1, 0.15) is 18.5 Å².